The summed E-state index contributed by atoms with van der Waals surface area (Å²) in [4.78, 5) is 24.2. The first-order valence-electron chi connectivity index (χ1n) is 14.6. The molecule has 0 bridgehead atoms. The van der Waals surface area contributed by atoms with Crippen molar-refractivity contribution in [3.63, 3.8) is 0 Å². The monoisotopic (exact) mass is 550 g/mol. The Hall–Kier alpha value is -2.95. The Labute approximate surface area is 236 Å². The second-order valence-electron chi connectivity index (χ2n) is 12.1. The van der Waals surface area contributed by atoms with E-state index in [9.17, 15) is 4.79 Å². The topological polar surface area (TPSA) is 84.1 Å². The molecule has 3 saturated heterocycles. The van der Waals surface area contributed by atoms with Gasteiger partial charge < -0.3 is 24.0 Å². The highest BCUT2D eigenvalue weighted by atomic mass is 16.6. The first-order chi connectivity index (χ1) is 19.3. The SMILES string of the molecule is CO[C@]1(C2(C)C=CC(c3cc4c(N5CCN(C(=O)OC6COC6)CC5)ccnn4c3)=NC2)CCCN(C(C)C)C1. The molecule has 0 spiro atoms. The molecule has 0 saturated carbocycles. The number of carbonyl (C=O) groups is 1. The van der Waals surface area contributed by atoms with Crippen molar-refractivity contribution in [1.29, 1.82) is 0 Å². The summed E-state index contributed by atoms with van der Waals surface area (Å²) >= 11 is 0. The number of carbonyl (C=O) groups excluding carboxylic acids is 1. The van der Waals surface area contributed by atoms with Gasteiger partial charge in [-0.05, 0) is 51.4 Å². The van der Waals surface area contributed by atoms with Crippen molar-refractivity contribution in [2.45, 2.75) is 51.4 Å². The van der Waals surface area contributed by atoms with Gasteiger partial charge in [0.15, 0.2) is 6.10 Å². The highest BCUT2D eigenvalue weighted by Gasteiger charge is 2.50. The molecule has 2 atom stereocenters. The lowest BCUT2D eigenvalue weighted by molar-refractivity contribution is -0.129. The van der Waals surface area contributed by atoms with Crippen LogP contribution in [0, 0.1) is 5.41 Å². The van der Waals surface area contributed by atoms with Crippen molar-refractivity contribution < 1.29 is 19.0 Å². The van der Waals surface area contributed by atoms with Crippen LogP contribution >= 0.6 is 0 Å². The number of fused-ring (bicyclic) bond motifs is 1. The fourth-order valence-corrected chi connectivity index (χ4v) is 6.50. The van der Waals surface area contributed by atoms with Crippen LogP contribution in [0.1, 0.15) is 39.2 Å². The number of likely N-dealkylation sites (tertiary alicyclic amines) is 1. The number of piperazine rings is 1. The number of methoxy groups -OCH3 is 1. The van der Waals surface area contributed by atoms with Gasteiger partial charge in [-0.1, -0.05) is 13.0 Å². The Morgan fingerprint density at radius 2 is 1.98 bits per heavy atom. The minimum Gasteiger partial charge on any atom is -0.441 e. The van der Waals surface area contributed by atoms with Crippen LogP contribution in [0.4, 0.5) is 10.5 Å². The molecule has 0 aliphatic carbocycles. The zero-order chi connectivity index (χ0) is 27.9. The zero-order valence-electron chi connectivity index (χ0n) is 24.2. The van der Waals surface area contributed by atoms with Gasteiger partial charge in [0, 0.05) is 69.2 Å². The molecular weight excluding hydrogens is 508 g/mol. The van der Waals surface area contributed by atoms with Crippen molar-refractivity contribution >= 4 is 23.0 Å². The number of piperidine rings is 1. The lowest BCUT2D eigenvalue weighted by Crippen LogP contribution is -2.60. The van der Waals surface area contributed by atoms with E-state index in [4.69, 9.17) is 19.2 Å². The largest absolute Gasteiger partial charge is 0.441 e. The van der Waals surface area contributed by atoms with Gasteiger partial charge in [0.25, 0.3) is 0 Å². The maximum absolute atomic E-state index is 12.5. The molecule has 216 valence electrons. The molecule has 4 aliphatic rings. The number of nitrogens with zero attached hydrogens (tertiary/aromatic N) is 6. The lowest BCUT2D eigenvalue weighted by atomic mass is 9.67. The van der Waals surface area contributed by atoms with Crippen LogP contribution in [0.2, 0.25) is 0 Å². The minimum absolute atomic E-state index is 0.100. The summed E-state index contributed by atoms with van der Waals surface area (Å²) in [5.74, 6) is 0. The summed E-state index contributed by atoms with van der Waals surface area (Å²) in [5.41, 5.74) is 3.76. The maximum atomic E-state index is 12.5. The van der Waals surface area contributed by atoms with Gasteiger partial charge in [-0.2, -0.15) is 5.10 Å². The number of aromatic nitrogens is 2. The predicted molar refractivity (Wildman–Crippen MR) is 154 cm³/mol. The average molecular weight is 551 g/mol. The Morgan fingerprint density at radius 3 is 2.62 bits per heavy atom. The van der Waals surface area contributed by atoms with Gasteiger partial charge in [0.1, 0.15) is 0 Å². The number of anilines is 1. The number of hydrogen-bond donors (Lipinski definition) is 0. The van der Waals surface area contributed by atoms with E-state index in [1.54, 1.807) is 4.90 Å². The van der Waals surface area contributed by atoms with E-state index < -0.39 is 0 Å². The van der Waals surface area contributed by atoms with Crippen molar-refractivity contribution in [1.82, 2.24) is 19.4 Å². The summed E-state index contributed by atoms with van der Waals surface area (Å²) in [5, 5.41) is 4.58. The third kappa shape index (κ3) is 4.90. The van der Waals surface area contributed by atoms with Crippen LogP contribution in [-0.2, 0) is 14.2 Å². The van der Waals surface area contributed by atoms with E-state index >= 15 is 0 Å². The maximum Gasteiger partial charge on any atom is 0.410 e. The first kappa shape index (κ1) is 27.2. The number of ether oxygens (including phenoxy) is 3. The highest BCUT2D eigenvalue weighted by Crippen LogP contribution is 2.44. The molecule has 0 radical (unpaired) electrons. The summed E-state index contributed by atoms with van der Waals surface area (Å²) in [6.07, 6.45) is 10.2. The molecule has 2 aromatic rings. The average Bonchev–Trinajstić information content (AvgIpc) is 3.40. The van der Waals surface area contributed by atoms with E-state index in [0.717, 1.165) is 61.5 Å². The fourth-order valence-electron chi connectivity index (χ4n) is 6.50. The highest BCUT2D eigenvalue weighted by molar-refractivity contribution is 6.10. The van der Waals surface area contributed by atoms with E-state index in [1.165, 1.54) is 0 Å². The summed E-state index contributed by atoms with van der Waals surface area (Å²) in [7, 11) is 1.86. The summed E-state index contributed by atoms with van der Waals surface area (Å²) < 4.78 is 18.8. The number of aliphatic imine (C=N–C) groups is 1. The number of hydrogen-bond acceptors (Lipinski definition) is 8. The summed E-state index contributed by atoms with van der Waals surface area (Å²) in [6.45, 7) is 13.3. The molecule has 4 aliphatic heterocycles. The van der Waals surface area contributed by atoms with Crippen LogP contribution in [0.5, 0.6) is 0 Å². The normalized spacial score (nSPS) is 28.2. The van der Waals surface area contributed by atoms with Gasteiger partial charge >= 0.3 is 6.09 Å². The Balaban J connectivity index is 1.16. The van der Waals surface area contributed by atoms with Gasteiger partial charge in [-0.25, -0.2) is 9.31 Å². The molecule has 1 amide bonds. The van der Waals surface area contributed by atoms with Crippen molar-refractivity contribution in [2.24, 2.45) is 10.4 Å². The smallest absolute Gasteiger partial charge is 0.410 e. The van der Waals surface area contributed by atoms with Crippen LogP contribution in [-0.4, -0.2) is 115 Å². The van der Waals surface area contributed by atoms with E-state index in [2.05, 4.69) is 66.2 Å². The molecule has 40 heavy (non-hydrogen) atoms. The second-order valence-corrected chi connectivity index (χ2v) is 12.1. The van der Waals surface area contributed by atoms with Crippen molar-refractivity contribution in [3.05, 3.63) is 42.2 Å². The van der Waals surface area contributed by atoms with Gasteiger partial charge in [0.05, 0.1) is 42.3 Å². The van der Waals surface area contributed by atoms with Crippen LogP contribution in [0.15, 0.2) is 41.7 Å². The first-order valence-corrected chi connectivity index (χ1v) is 14.6. The lowest BCUT2D eigenvalue weighted by Gasteiger charge is -2.52. The molecule has 6 rings (SSSR count). The van der Waals surface area contributed by atoms with Crippen LogP contribution in [0.25, 0.3) is 5.52 Å². The molecule has 0 aromatic carbocycles. The fraction of sp³-hybridized carbons (Fsp3) is 0.633. The van der Waals surface area contributed by atoms with Crippen LogP contribution in [0.3, 0.4) is 0 Å². The van der Waals surface area contributed by atoms with Crippen molar-refractivity contribution in [2.75, 3.05) is 71.0 Å². The van der Waals surface area contributed by atoms with Crippen LogP contribution < -0.4 is 4.90 Å². The third-order valence-corrected chi connectivity index (χ3v) is 9.37. The third-order valence-electron chi connectivity index (χ3n) is 9.37. The molecular formula is C30H42N6O4. The summed E-state index contributed by atoms with van der Waals surface area (Å²) in [6, 6.07) is 4.73. The van der Waals surface area contributed by atoms with E-state index in [1.807, 2.05) is 17.8 Å². The number of allylic oxidation sites excluding steroid dienone is 1. The van der Waals surface area contributed by atoms with Crippen molar-refractivity contribution in [3.8, 4) is 0 Å². The molecule has 2 aromatic heterocycles. The van der Waals surface area contributed by atoms with Gasteiger partial charge in [0.2, 0.25) is 0 Å². The number of amides is 1. The standard InChI is InChI=1S/C30H42N6O4/c1-22(2)35-11-5-8-30(21-35,38-4)29(3)9-6-25(31-20-29)23-16-27-26(7-10-32-36(27)17-23)33-12-14-34(15-13-33)28(37)40-24-18-39-19-24/h6-7,9-10,16-17,22,24H,5,8,11-15,18-21H2,1-4H3/t29?,30-/m1/s1. The zero-order valence-corrected chi connectivity index (χ0v) is 24.2. The minimum atomic E-state index is -0.249. The molecule has 10 heteroatoms. The molecule has 3 fully saturated rings. The quantitative estimate of drug-likeness (QED) is 0.546. The Morgan fingerprint density at radius 1 is 1.18 bits per heavy atom. The predicted octanol–water partition coefficient (Wildman–Crippen LogP) is 3.25. The molecule has 10 nitrogen and oxygen atoms in total. The Bertz CT molecular complexity index is 1290. The van der Waals surface area contributed by atoms with Gasteiger partial charge in [-0.15, -0.1) is 0 Å². The Kier molecular flexibility index (Phi) is 7.35. The molecule has 0 N–H and O–H groups in total. The second kappa shape index (κ2) is 10.8. The van der Waals surface area contributed by atoms with Gasteiger partial charge in [-0.3, -0.25) is 9.89 Å². The number of dihydropyridines is 1. The molecule has 6 heterocycles. The number of rotatable bonds is 6. The molecule has 1 unspecified atom stereocenters. The van der Waals surface area contributed by atoms with E-state index in [0.29, 0.717) is 38.9 Å². The van der Waals surface area contributed by atoms with E-state index in [-0.39, 0.29) is 23.2 Å².